The summed E-state index contributed by atoms with van der Waals surface area (Å²) in [7, 11) is 1.41. The maximum Gasteiger partial charge on any atom is 0.266 e. The molecule has 2 N–H and O–H groups in total. The molecule has 0 atom stereocenters. The molecule has 7 nitrogen and oxygen atoms in total. The Morgan fingerprint density at radius 2 is 1.72 bits per heavy atom. The minimum Gasteiger partial charge on any atom is -0.493 e. The quantitative estimate of drug-likeness (QED) is 0.271. The van der Waals surface area contributed by atoms with Crippen molar-refractivity contribution in [3.63, 3.8) is 0 Å². The molecule has 0 aliphatic carbocycles. The summed E-state index contributed by atoms with van der Waals surface area (Å²) in [4.78, 5) is 25.0. The normalized spacial score (nSPS) is 10.8. The van der Waals surface area contributed by atoms with Gasteiger partial charge in [0.25, 0.3) is 11.8 Å². The third kappa shape index (κ3) is 6.57. The van der Waals surface area contributed by atoms with E-state index in [0.717, 1.165) is 11.1 Å². The standard InChI is InChI=1S/C27H23Cl2N3O4/c1-16-7-6-10-22(17(16)2)31-25(33)15-36-26-21(29)12-18(13-24(26)35-3)11-19(14-30)27(34)32-23-9-5-4-8-20(23)28/h4-13H,15H2,1-3H3,(H,31,33)(H,32,34)/b19-11+. The summed E-state index contributed by atoms with van der Waals surface area (Å²) in [6.45, 7) is 3.57. The number of ether oxygens (including phenoxy) is 2. The summed E-state index contributed by atoms with van der Waals surface area (Å²) in [5, 5.41) is 15.4. The topological polar surface area (TPSA) is 100 Å². The Bertz CT molecular complexity index is 1380. The Kier molecular flexibility index (Phi) is 8.96. The predicted molar refractivity (Wildman–Crippen MR) is 142 cm³/mol. The molecular weight excluding hydrogens is 501 g/mol. The van der Waals surface area contributed by atoms with Gasteiger partial charge in [-0.25, -0.2) is 0 Å². The number of halogens is 2. The van der Waals surface area contributed by atoms with E-state index in [9.17, 15) is 14.9 Å². The van der Waals surface area contributed by atoms with Gasteiger partial charge in [0.05, 0.1) is 22.8 Å². The molecule has 3 aromatic carbocycles. The number of hydrogen-bond donors (Lipinski definition) is 2. The zero-order valence-electron chi connectivity index (χ0n) is 19.8. The Morgan fingerprint density at radius 1 is 1.00 bits per heavy atom. The molecule has 9 heteroatoms. The average Bonchev–Trinajstić information content (AvgIpc) is 2.85. The van der Waals surface area contributed by atoms with E-state index >= 15 is 0 Å². The van der Waals surface area contributed by atoms with Gasteiger partial charge in [0, 0.05) is 5.69 Å². The van der Waals surface area contributed by atoms with Gasteiger partial charge in [-0.3, -0.25) is 9.59 Å². The fourth-order valence-electron chi connectivity index (χ4n) is 3.24. The molecule has 36 heavy (non-hydrogen) atoms. The molecule has 0 saturated carbocycles. The van der Waals surface area contributed by atoms with E-state index in [4.69, 9.17) is 32.7 Å². The van der Waals surface area contributed by atoms with Crippen molar-refractivity contribution < 1.29 is 19.1 Å². The van der Waals surface area contributed by atoms with Crippen LogP contribution in [0, 0.1) is 25.2 Å². The number of anilines is 2. The number of aryl methyl sites for hydroxylation is 1. The van der Waals surface area contributed by atoms with E-state index in [1.807, 2.05) is 38.1 Å². The summed E-state index contributed by atoms with van der Waals surface area (Å²) >= 11 is 12.5. The van der Waals surface area contributed by atoms with Crippen molar-refractivity contribution >= 4 is 52.5 Å². The predicted octanol–water partition coefficient (Wildman–Crippen LogP) is 6.18. The molecule has 2 amide bonds. The largest absolute Gasteiger partial charge is 0.493 e. The van der Waals surface area contributed by atoms with Crippen LogP contribution in [0.3, 0.4) is 0 Å². The highest BCUT2D eigenvalue weighted by molar-refractivity contribution is 6.34. The highest BCUT2D eigenvalue weighted by Crippen LogP contribution is 2.37. The number of rotatable bonds is 8. The fourth-order valence-corrected chi connectivity index (χ4v) is 3.70. The molecule has 0 saturated heterocycles. The maximum absolute atomic E-state index is 12.6. The van der Waals surface area contributed by atoms with Gasteiger partial charge in [0.15, 0.2) is 18.1 Å². The van der Waals surface area contributed by atoms with Crippen LogP contribution in [0.15, 0.2) is 60.2 Å². The third-order valence-corrected chi connectivity index (χ3v) is 5.89. The number of benzene rings is 3. The first-order chi connectivity index (χ1) is 17.2. The third-order valence-electron chi connectivity index (χ3n) is 5.28. The van der Waals surface area contributed by atoms with Crippen LogP contribution < -0.4 is 20.1 Å². The van der Waals surface area contributed by atoms with Crippen molar-refractivity contribution in [2.24, 2.45) is 0 Å². The highest BCUT2D eigenvalue weighted by Gasteiger charge is 2.16. The van der Waals surface area contributed by atoms with Crippen molar-refractivity contribution in [1.82, 2.24) is 0 Å². The first-order valence-corrected chi connectivity index (χ1v) is 11.5. The number of nitriles is 1. The Morgan fingerprint density at radius 3 is 2.42 bits per heavy atom. The number of carbonyl (C=O) groups is 2. The molecule has 3 aromatic rings. The number of nitrogens with zero attached hydrogens (tertiary/aromatic N) is 1. The minimum absolute atomic E-state index is 0.143. The summed E-state index contributed by atoms with van der Waals surface area (Å²) in [5.74, 6) is -0.610. The van der Waals surface area contributed by atoms with E-state index in [0.29, 0.717) is 22.0 Å². The molecular formula is C27H23Cl2N3O4. The van der Waals surface area contributed by atoms with Crippen LogP contribution >= 0.6 is 23.2 Å². The van der Waals surface area contributed by atoms with Crippen molar-refractivity contribution in [2.45, 2.75) is 13.8 Å². The summed E-state index contributed by atoms with van der Waals surface area (Å²) in [5.41, 5.74) is 3.35. The molecule has 0 unspecified atom stereocenters. The van der Waals surface area contributed by atoms with Crippen molar-refractivity contribution in [3.8, 4) is 17.6 Å². The first-order valence-electron chi connectivity index (χ1n) is 10.8. The van der Waals surface area contributed by atoms with Gasteiger partial charge in [-0.2, -0.15) is 5.26 Å². The molecule has 0 aliphatic rings. The van der Waals surface area contributed by atoms with Gasteiger partial charge in [-0.05, 0) is 66.9 Å². The van der Waals surface area contributed by atoms with Gasteiger partial charge in [-0.15, -0.1) is 0 Å². The van der Waals surface area contributed by atoms with Gasteiger partial charge in [-0.1, -0.05) is 47.5 Å². The van der Waals surface area contributed by atoms with Gasteiger partial charge in [0.1, 0.15) is 11.6 Å². The Labute approximate surface area is 219 Å². The summed E-state index contributed by atoms with van der Waals surface area (Å²) < 4.78 is 11.0. The molecule has 0 bridgehead atoms. The number of amides is 2. The molecule has 0 aromatic heterocycles. The molecule has 3 rings (SSSR count). The average molecular weight is 524 g/mol. The molecule has 184 valence electrons. The van der Waals surface area contributed by atoms with Crippen LogP contribution in [-0.4, -0.2) is 25.5 Å². The lowest BCUT2D eigenvalue weighted by Gasteiger charge is -2.14. The first kappa shape index (κ1) is 26.6. The molecule has 0 fully saturated rings. The maximum atomic E-state index is 12.6. The Balaban J connectivity index is 1.76. The van der Waals surface area contributed by atoms with Crippen LogP contribution in [0.1, 0.15) is 16.7 Å². The number of nitrogens with one attached hydrogen (secondary N) is 2. The van der Waals surface area contributed by atoms with Gasteiger partial charge >= 0.3 is 0 Å². The minimum atomic E-state index is -0.635. The van der Waals surface area contributed by atoms with Crippen LogP contribution in [0.5, 0.6) is 11.5 Å². The number of para-hydroxylation sites is 1. The SMILES string of the molecule is COc1cc(/C=C(\C#N)C(=O)Nc2ccccc2Cl)cc(Cl)c1OCC(=O)Nc1cccc(C)c1C. The number of carbonyl (C=O) groups excluding carboxylic acids is 2. The smallest absolute Gasteiger partial charge is 0.266 e. The second-order valence-corrected chi connectivity index (χ2v) is 8.54. The van der Waals surface area contributed by atoms with Crippen LogP contribution in [0.2, 0.25) is 10.0 Å². The highest BCUT2D eigenvalue weighted by atomic mass is 35.5. The van der Waals surface area contributed by atoms with E-state index < -0.39 is 5.91 Å². The zero-order valence-corrected chi connectivity index (χ0v) is 21.3. The van der Waals surface area contributed by atoms with Crippen molar-refractivity contribution in [3.05, 3.63) is 86.9 Å². The van der Waals surface area contributed by atoms with Crippen LogP contribution in [0.4, 0.5) is 11.4 Å². The van der Waals surface area contributed by atoms with E-state index in [1.165, 1.54) is 19.3 Å². The molecule has 0 radical (unpaired) electrons. The molecule has 0 spiro atoms. The van der Waals surface area contributed by atoms with E-state index in [2.05, 4.69) is 10.6 Å². The lowest BCUT2D eigenvalue weighted by Crippen LogP contribution is -2.21. The van der Waals surface area contributed by atoms with E-state index in [1.54, 1.807) is 30.3 Å². The number of methoxy groups -OCH3 is 1. The van der Waals surface area contributed by atoms with Crippen molar-refractivity contribution in [1.29, 1.82) is 5.26 Å². The van der Waals surface area contributed by atoms with E-state index in [-0.39, 0.29) is 34.6 Å². The zero-order chi connectivity index (χ0) is 26.2. The second kappa shape index (κ2) is 12.1. The van der Waals surface area contributed by atoms with Crippen LogP contribution in [0.25, 0.3) is 6.08 Å². The summed E-state index contributed by atoms with van der Waals surface area (Å²) in [6, 6.07) is 17.2. The van der Waals surface area contributed by atoms with Gasteiger partial charge in [0.2, 0.25) is 0 Å². The second-order valence-electron chi connectivity index (χ2n) is 7.72. The van der Waals surface area contributed by atoms with Gasteiger partial charge < -0.3 is 20.1 Å². The molecule has 0 heterocycles. The molecule has 0 aliphatic heterocycles. The number of hydrogen-bond acceptors (Lipinski definition) is 5. The monoisotopic (exact) mass is 523 g/mol. The lowest BCUT2D eigenvalue weighted by molar-refractivity contribution is -0.118. The van der Waals surface area contributed by atoms with Crippen LogP contribution in [-0.2, 0) is 9.59 Å². The Hall–Kier alpha value is -3.99. The lowest BCUT2D eigenvalue weighted by atomic mass is 10.1. The van der Waals surface area contributed by atoms with Crippen molar-refractivity contribution in [2.75, 3.05) is 24.4 Å². The summed E-state index contributed by atoms with van der Waals surface area (Å²) in [6.07, 6.45) is 1.36. The fraction of sp³-hybridized carbons (Fsp3) is 0.148.